The maximum atomic E-state index is 14.2. The highest BCUT2D eigenvalue weighted by Gasteiger charge is 2.56. The highest BCUT2D eigenvalue weighted by Crippen LogP contribution is 2.45. The predicted octanol–water partition coefficient (Wildman–Crippen LogP) is 5.18. The van der Waals surface area contributed by atoms with Crippen molar-refractivity contribution in [3.63, 3.8) is 0 Å². The van der Waals surface area contributed by atoms with E-state index in [0.29, 0.717) is 33.7 Å². The number of nitrogens with one attached hydrogen (secondary N) is 1. The fourth-order valence-electron chi connectivity index (χ4n) is 5.19. The minimum atomic E-state index is -0.767. The molecule has 2 aromatic heterocycles. The Morgan fingerprint density at radius 2 is 1.94 bits per heavy atom. The molecule has 3 aliphatic rings. The van der Waals surface area contributed by atoms with E-state index in [0.717, 1.165) is 12.8 Å². The number of anilines is 1. The van der Waals surface area contributed by atoms with Gasteiger partial charge in [0.2, 0.25) is 5.28 Å². The molecule has 1 saturated carbocycles. The van der Waals surface area contributed by atoms with Crippen LogP contribution in [0.1, 0.15) is 45.8 Å². The van der Waals surface area contributed by atoms with Crippen LogP contribution < -0.4 is 5.32 Å². The molecule has 186 valence electrons. The summed E-state index contributed by atoms with van der Waals surface area (Å²) in [6.07, 6.45) is 4.75. The summed E-state index contributed by atoms with van der Waals surface area (Å²) >= 11 is 7.73. The van der Waals surface area contributed by atoms with Crippen LogP contribution >= 0.6 is 23.4 Å². The van der Waals surface area contributed by atoms with Crippen molar-refractivity contribution in [2.24, 2.45) is 0 Å². The molecule has 1 aromatic carbocycles. The van der Waals surface area contributed by atoms with E-state index in [1.54, 1.807) is 18.5 Å². The van der Waals surface area contributed by atoms with Crippen LogP contribution in [-0.4, -0.2) is 55.4 Å². The summed E-state index contributed by atoms with van der Waals surface area (Å²) < 4.78 is 35.0. The Balaban J connectivity index is 1.30. The highest BCUT2D eigenvalue weighted by molar-refractivity contribution is 7.99. The Morgan fingerprint density at radius 3 is 2.74 bits per heavy atom. The minimum absolute atomic E-state index is 0.143. The van der Waals surface area contributed by atoms with E-state index >= 15 is 0 Å². The summed E-state index contributed by atoms with van der Waals surface area (Å²) in [5.74, 6) is 0.128. The van der Waals surface area contributed by atoms with Crippen molar-refractivity contribution >= 4 is 40.3 Å². The molecule has 6 rings (SSSR count). The van der Waals surface area contributed by atoms with Gasteiger partial charge < -0.3 is 19.5 Å². The summed E-state index contributed by atoms with van der Waals surface area (Å²) in [4.78, 5) is 14.1. The van der Waals surface area contributed by atoms with Gasteiger partial charge in [0.25, 0.3) is 0 Å². The lowest BCUT2D eigenvalue weighted by molar-refractivity contribution is -0.193. The van der Waals surface area contributed by atoms with Crippen LogP contribution in [0.5, 0.6) is 0 Å². The van der Waals surface area contributed by atoms with Crippen molar-refractivity contribution in [1.82, 2.24) is 19.5 Å². The maximum absolute atomic E-state index is 14.2. The molecule has 1 aliphatic carbocycles. The first-order chi connectivity index (χ1) is 16.9. The molecule has 11 heteroatoms. The van der Waals surface area contributed by atoms with Crippen LogP contribution in [0.15, 0.2) is 35.5 Å². The molecule has 3 fully saturated rings. The van der Waals surface area contributed by atoms with Gasteiger partial charge in [0.1, 0.15) is 18.0 Å². The van der Waals surface area contributed by atoms with Gasteiger partial charge in [-0.2, -0.15) is 9.97 Å². The Hall–Kier alpha value is -1.98. The number of nitrogens with zero attached hydrogens (tertiary/aromatic N) is 4. The van der Waals surface area contributed by atoms with Crippen molar-refractivity contribution in [2.75, 3.05) is 11.1 Å². The van der Waals surface area contributed by atoms with Gasteiger partial charge in [0, 0.05) is 16.7 Å². The van der Waals surface area contributed by atoms with Crippen LogP contribution in [0, 0.1) is 5.82 Å². The van der Waals surface area contributed by atoms with Crippen LogP contribution in [0.4, 0.5) is 10.2 Å². The Morgan fingerprint density at radius 1 is 1.17 bits per heavy atom. The molecule has 1 N–H and O–H groups in total. The summed E-state index contributed by atoms with van der Waals surface area (Å²) in [5.41, 5.74) is 1.22. The molecule has 0 spiro atoms. The van der Waals surface area contributed by atoms with E-state index in [1.165, 1.54) is 30.7 Å². The molecule has 8 nitrogen and oxygen atoms in total. The van der Waals surface area contributed by atoms with Gasteiger partial charge in [-0.15, -0.1) is 11.8 Å². The normalized spacial score (nSPS) is 28.1. The fourth-order valence-corrected chi connectivity index (χ4v) is 6.35. The van der Waals surface area contributed by atoms with Gasteiger partial charge in [-0.05, 0) is 50.4 Å². The van der Waals surface area contributed by atoms with E-state index in [2.05, 4.69) is 20.3 Å². The second-order valence-corrected chi connectivity index (χ2v) is 11.1. The second-order valence-electron chi connectivity index (χ2n) is 9.66. The van der Waals surface area contributed by atoms with E-state index < -0.39 is 12.0 Å². The number of rotatable bonds is 6. The molecule has 35 heavy (non-hydrogen) atoms. The smallest absolute Gasteiger partial charge is 0.226 e. The quantitative estimate of drug-likeness (QED) is 0.352. The molecular weight excluding hydrogens is 493 g/mol. The highest BCUT2D eigenvalue weighted by atomic mass is 35.5. The third-order valence-electron chi connectivity index (χ3n) is 6.73. The topological polar surface area (TPSA) is 83.3 Å². The molecule has 4 heterocycles. The lowest BCUT2D eigenvalue weighted by Crippen LogP contribution is -2.31. The third kappa shape index (κ3) is 4.51. The van der Waals surface area contributed by atoms with Crippen LogP contribution in [0.25, 0.3) is 11.2 Å². The first-order valence-electron chi connectivity index (χ1n) is 11.9. The van der Waals surface area contributed by atoms with Crippen molar-refractivity contribution in [3.8, 4) is 0 Å². The summed E-state index contributed by atoms with van der Waals surface area (Å²) in [7, 11) is 0. The molecule has 0 unspecified atom stereocenters. The average Bonchev–Trinajstić information content (AvgIpc) is 3.58. The maximum Gasteiger partial charge on any atom is 0.226 e. The van der Waals surface area contributed by atoms with Crippen molar-refractivity contribution < 1.29 is 18.6 Å². The van der Waals surface area contributed by atoms with Crippen molar-refractivity contribution in [3.05, 3.63) is 41.7 Å². The monoisotopic (exact) mass is 519 g/mol. The lowest BCUT2D eigenvalue weighted by Gasteiger charge is -2.24. The number of hydrogen-bond acceptors (Lipinski definition) is 8. The number of hydrogen-bond donors (Lipinski definition) is 1. The zero-order valence-electron chi connectivity index (χ0n) is 19.5. The zero-order valence-corrected chi connectivity index (χ0v) is 21.1. The SMILES string of the molecule is CC1(C)O[C@@H]2[C@H](O1)[C@@H](CSc1ccccc1F)O[C@H]2n1cnc2c(NC3CCCC3)nc(Cl)nc21. The van der Waals surface area contributed by atoms with Crippen molar-refractivity contribution in [2.45, 2.75) is 80.8 Å². The van der Waals surface area contributed by atoms with Crippen molar-refractivity contribution in [1.29, 1.82) is 0 Å². The second kappa shape index (κ2) is 9.15. The summed E-state index contributed by atoms with van der Waals surface area (Å²) in [5, 5.41) is 3.64. The predicted molar refractivity (Wildman–Crippen MR) is 131 cm³/mol. The van der Waals surface area contributed by atoms with E-state index in [9.17, 15) is 4.39 Å². The van der Waals surface area contributed by atoms with Gasteiger partial charge in [0.15, 0.2) is 29.0 Å². The molecule has 0 radical (unpaired) electrons. The first-order valence-corrected chi connectivity index (χ1v) is 13.3. The Labute approximate surface area is 211 Å². The van der Waals surface area contributed by atoms with Crippen LogP contribution in [0.3, 0.4) is 0 Å². The van der Waals surface area contributed by atoms with Crippen LogP contribution in [-0.2, 0) is 14.2 Å². The lowest BCUT2D eigenvalue weighted by atomic mass is 10.1. The minimum Gasteiger partial charge on any atom is -0.365 e. The van der Waals surface area contributed by atoms with Gasteiger partial charge in [0.05, 0.1) is 12.4 Å². The fraction of sp³-hybridized carbons (Fsp3) is 0.542. The Kier molecular flexibility index (Phi) is 6.12. The number of thioether (sulfide) groups is 1. The summed E-state index contributed by atoms with van der Waals surface area (Å²) in [6, 6.07) is 7.08. The largest absolute Gasteiger partial charge is 0.365 e. The van der Waals surface area contributed by atoms with Gasteiger partial charge in [-0.3, -0.25) is 4.57 Å². The van der Waals surface area contributed by atoms with Gasteiger partial charge in [-0.25, -0.2) is 9.37 Å². The molecule has 0 bridgehead atoms. The molecule has 2 aliphatic heterocycles. The van der Waals surface area contributed by atoms with E-state index in [-0.39, 0.29) is 29.4 Å². The van der Waals surface area contributed by atoms with E-state index in [1.807, 2.05) is 24.5 Å². The number of aromatic nitrogens is 4. The van der Waals surface area contributed by atoms with Crippen LogP contribution in [0.2, 0.25) is 5.28 Å². The molecule has 2 saturated heterocycles. The number of halogens is 2. The summed E-state index contributed by atoms with van der Waals surface area (Å²) in [6.45, 7) is 3.77. The number of benzene rings is 1. The number of imidazole rings is 1. The number of fused-ring (bicyclic) bond motifs is 2. The molecule has 0 amide bonds. The first kappa shape index (κ1) is 23.4. The molecule has 3 aromatic rings. The zero-order chi connectivity index (χ0) is 24.2. The average molecular weight is 520 g/mol. The molecule has 4 atom stereocenters. The van der Waals surface area contributed by atoms with Gasteiger partial charge in [-0.1, -0.05) is 25.0 Å². The Bertz CT molecular complexity index is 1240. The standard InChI is InChI=1S/C24H27ClFN5O3S/c1-24(2)33-18-15(11-35-16-10-6-5-9-14(16)26)32-22(19(18)34-24)31-12-27-17-20(28-13-7-3-4-8-13)29-23(25)30-21(17)31/h5-6,9-10,12-13,15,18-19,22H,3-4,7-8,11H2,1-2H3,(H,28,29,30)/t15-,18-,19-,22-/m1/s1. The third-order valence-corrected chi connectivity index (χ3v) is 8.04. The molecular formula is C24H27ClFN5O3S. The van der Waals surface area contributed by atoms with E-state index in [4.69, 9.17) is 25.8 Å². The van der Waals surface area contributed by atoms with Gasteiger partial charge >= 0.3 is 0 Å². The number of ether oxygens (including phenoxy) is 3.